The number of nitrogens with zero attached hydrogens (tertiary/aromatic N) is 3. The Morgan fingerprint density at radius 1 is 0.933 bits per heavy atom. The van der Waals surface area contributed by atoms with Crippen molar-refractivity contribution >= 4 is 35.0 Å². The van der Waals surface area contributed by atoms with Gasteiger partial charge in [0.1, 0.15) is 5.82 Å². The first kappa shape index (κ1) is 21.6. The number of benzene rings is 2. The third kappa shape index (κ3) is 6.18. The molecule has 1 aromatic heterocycles. The van der Waals surface area contributed by atoms with Gasteiger partial charge in [-0.1, -0.05) is 41.6 Å². The minimum absolute atomic E-state index is 0.0754. The molecule has 0 saturated heterocycles. The highest BCUT2D eigenvalue weighted by atomic mass is 32.2. The van der Waals surface area contributed by atoms with Gasteiger partial charge in [0, 0.05) is 31.3 Å². The van der Waals surface area contributed by atoms with E-state index in [4.69, 9.17) is 0 Å². The maximum absolute atomic E-state index is 12.2. The van der Waals surface area contributed by atoms with Crippen LogP contribution in [0.5, 0.6) is 0 Å². The Hall–Kier alpha value is -3.13. The van der Waals surface area contributed by atoms with Crippen LogP contribution in [0.2, 0.25) is 0 Å². The lowest BCUT2D eigenvalue weighted by molar-refractivity contribution is -0.116. The zero-order valence-electron chi connectivity index (χ0n) is 17.3. The van der Waals surface area contributed by atoms with E-state index in [0.717, 1.165) is 22.5 Å². The van der Waals surface area contributed by atoms with Crippen LogP contribution in [-0.2, 0) is 23.1 Å². The summed E-state index contributed by atoms with van der Waals surface area (Å²) in [6, 6.07) is 15.3. The molecular weight excluding hydrogens is 398 g/mol. The topological polar surface area (TPSA) is 88.9 Å². The second-order valence-electron chi connectivity index (χ2n) is 7.08. The molecule has 0 radical (unpaired) electrons. The summed E-state index contributed by atoms with van der Waals surface area (Å²) in [6.07, 6.45) is 0.773. The number of hydrogen-bond acceptors (Lipinski definition) is 5. The van der Waals surface area contributed by atoms with E-state index in [0.29, 0.717) is 23.8 Å². The molecule has 2 aromatic carbocycles. The highest BCUT2D eigenvalue weighted by molar-refractivity contribution is 7.99. The van der Waals surface area contributed by atoms with Crippen LogP contribution in [0.1, 0.15) is 23.4 Å². The van der Waals surface area contributed by atoms with Crippen molar-refractivity contribution in [3.63, 3.8) is 0 Å². The summed E-state index contributed by atoms with van der Waals surface area (Å²) in [5.74, 6) is 0.755. The van der Waals surface area contributed by atoms with Crippen LogP contribution >= 0.6 is 11.8 Å². The number of amides is 2. The summed E-state index contributed by atoms with van der Waals surface area (Å²) in [4.78, 5) is 24.4. The van der Waals surface area contributed by atoms with Crippen molar-refractivity contribution in [2.45, 2.75) is 31.8 Å². The van der Waals surface area contributed by atoms with Crippen molar-refractivity contribution < 1.29 is 9.59 Å². The highest BCUT2D eigenvalue weighted by Crippen LogP contribution is 2.18. The molecule has 3 aromatic rings. The van der Waals surface area contributed by atoms with Crippen LogP contribution < -0.4 is 10.6 Å². The van der Waals surface area contributed by atoms with Crippen molar-refractivity contribution in [2.75, 3.05) is 16.4 Å². The van der Waals surface area contributed by atoms with Gasteiger partial charge in [0.2, 0.25) is 11.8 Å². The Bertz CT molecular complexity index is 1030. The Balaban J connectivity index is 1.47. The average Bonchev–Trinajstić information content (AvgIpc) is 3.06. The molecule has 1 heterocycles. The first-order valence-corrected chi connectivity index (χ1v) is 10.6. The quantitative estimate of drug-likeness (QED) is 0.539. The zero-order chi connectivity index (χ0) is 21.5. The number of carbonyl (C=O) groups is 2. The molecule has 2 N–H and O–H groups in total. The molecule has 0 spiro atoms. The average molecular weight is 424 g/mol. The second-order valence-corrected chi connectivity index (χ2v) is 8.02. The lowest BCUT2D eigenvalue weighted by atomic mass is 10.2. The number of aryl methyl sites for hydroxylation is 3. The van der Waals surface area contributed by atoms with Gasteiger partial charge >= 0.3 is 0 Å². The van der Waals surface area contributed by atoms with Gasteiger partial charge in [-0.05, 0) is 43.7 Å². The maximum atomic E-state index is 12.2. The summed E-state index contributed by atoms with van der Waals surface area (Å²) in [5.41, 5.74) is 3.78. The van der Waals surface area contributed by atoms with Gasteiger partial charge < -0.3 is 15.2 Å². The largest absolute Gasteiger partial charge is 0.326 e. The predicted octanol–water partition coefficient (Wildman–Crippen LogP) is 3.73. The summed E-state index contributed by atoms with van der Waals surface area (Å²) < 4.78 is 1.82. The smallest absolute Gasteiger partial charge is 0.234 e. The van der Waals surface area contributed by atoms with Gasteiger partial charge in [-0.2, -0.15) is 0 Å². The first-order chi connectivity index (χ1) is 14.4. The van der Waals surface area contributed by atoms with Crippen molar-refractivity contribution in [3.8, 4) is 0 Å². The number of carbonyl (C=O) groups excluding carboxylic acids is 2. The van der Waals surface area contributed by atoms with Crippen LogP contribution in [0, 0.1) is 13.8 Å². The molecule has 0 bridgehead atoms. The second kappa shape index (κ2) is 10.1. The van der Waals surface area contributed by atoms with E-state index in [1.807, 2.05) is 74.0 Å². The van der Waals surface area contributed by atoms with E-state index < -0.39 is 0 Å². The van der Waals surface area contributed by atoms with E-state index in [9.17, 15) is 9.59 Å². The molecule has 0 fully saturated rings. The molecule has 3 rings (SSSR count). The number of thioether (sulfide) groups is 1. The number of nitrogens with one attached hydrogen (secondary N) is 2. The molecule has 2 amide bonds. The minimum atomic E-state index is -0.104. The molecule has 30 heavy (non-hydrogen) atoms. The minimum Gasteiger partial charge on any atom is -0.326 e. The van der Waals surface area contributed by atoms with Gasteiger partial charge in [0.05, 0.1) is 5.75 Å². The van der Waals surface area contributed by atoms with Crippen molar-refractivity contribution in [1.82, 2.24) is 14.8 Å². The molecule has 0 aliphatic carbocycles. The standard InChI is InChI=1S/C22H25N5O2S/c1-15-7-9-17(10-8-15)23-20(28)12-11-19-25-26-22(27(19)3)30-14-21(29)24-18-6-4-5-16(2)13-18/h4-10,13H,11-12,14H2,1-3H3,(H,23,28)(H,24,29). The molecular formula is C22H25N5O2S. The molecule has 0 unspecified atom stereocenters. The van der Waals surface area contributed by atoms with Crippen LogP contribution in [0.3, 0.4) is 0 Å². The summed E-state index contributed by atoms with van der Waals surface area (Å²) in [7, 11) is 1.84. The molecule has 7 nitrogen and oxygen atoms in total. The van der Waals surface area contributed by atoms with Crippen LogP contribution in [-0.4, -0.2) is 32.3 Å². The van der Waals surface area contributed by atoms with E-state index in [1.165, 1.54) is 11.8 Å². The van der Waals surface area contributed by atoms with E-state index in [2.05, 4.69) is 20.8 Å². The number of rotatable bonds is 8. The van der Waals surface area contributed by atoms with Gasteiger partial charge in [-0.3, -0.25) is 9.59 Å². The lowest BCUT2D eigenvalue weighted by Crippen LogP contribution is -2.15. The SMILES string of the molecule is Cc1ccc(NC(=O)CCc2nnc(SCC(=O)Nc3cccc(C)c3)n2C)cc1. The summed E-state index contributed by atoms with van der Waals surface area (Å²) >= 11 is 1.31. The zero-order valence-corrected chi connectivity index (χ0v) is 18.1. The molecule has 156 valence electrons. The number of aromatic nitrogens is 3. The van der Waals surface area contributed by atoms with Gasteiger partial charge in [-0.25, -0.2) is 0 Å². The van der Waals surface area contributed by atoms with Crippen molar-refractivity contribution in [2.24, 2.45) is 7.05 Å². The molecule has 0 atom stereocenters. The molecule has 0 saturated carbocycles. The predicted molar refractivity (Wildman–Crippen MR) is 120 cm³/mol. The normalized spacial score (nSPS) is 10.6. The molecule has 0 aliphatic heterocycles. The molecule has 0 aliphatic rings. The van der Waals surface area contributed by atoms with Crippen LogP contribution in [0.25, 0.3) is 0 Å². The van der Waals surface area contributed by atoms with E-state index >= 15 is 0 Å². The van der Waals surface area contributed by atoms with Crippen LogP contribution in [0.4, 0.5) is 11.4 Å². The first-order valence-electron chi connectivity index (χ1n) is 9.65. The number of anilines is 2. The van der Waals surface area contributed by atoms with Gasteiger partial charge in [-0.15, -0.1) is 10.2 Å². The Labute approximate surface area is 180 Å². The molecule has 8 heteroatoms. The Morgan fingerprint density at radius 3 is 2.40 bits per heavy atom. The number of hydrogen-bond donors (Lipinski definition) is 2. The summed E-state index contributed by atoms with van der Waals surface area (Å²) in [5, 5.41) is 14.7. The van der Waals surface area contributed by atoms with E-state index in [-0.39, 0.29) is 17.6 Å². The Morgan fingerprint density at radius 2 is 1.67 bits per heavy atom. The third-order valence-electron chi connectivity index (χ3n) is 4.47. The fourth-order valence-electron chi connectivity index (χ4n) is 2.82. The summed E-state index contributed by atoms with van der Waals surface area (Å²) in [6.45, 7) is 3.98. The lowest BCUT2D eigenvalue weighted by Gasteiger charge is -2.07. The van der Waals surface area contributed by atoms with Gasteiger partial charge in [0.25, 0.3) is 0 Å². The van der Waals surface area contributed by atoms with Crippen molar-refractivity contribution in [1.29, 1.82) is 0 Å². The third-order valence-corrected chi connectivity index (χ3v) is 5.49. The fraction of sp³-hybridized carbons (Fsp3) is 0.273. The van der Waals surface area contributed by atoms with E-state index in [1.54, 1.807) is 0 Å². The van der Waals surface area contributed by atoms with Crippen molar-refractivity contribution in [3.05, 3.63) is 65.5 Å². The Kier molecular flexibility index (Phi) is 7.24. The van der Waals surface area contributed by atoms with Crippen LogP contribution in [0.15, 0.2) is 53.7 Å². The fourth-order valence-corrected chi connectivity index (χ4v) is 3.55. The maximum Gasteiger partial charge on any atom is 0.234 e. The highest BCUT2D eigenvalue weighted by Gasteiger charge is 2.13. The van der Waals surface area contributed by atoms with Gasteiger partial charge in [0.15, 0.2) is 5.16 Å². The monoisotopic (exact) mass is 423 g/mol.